The summed E-state index contributed by atoms with van der Waals surface area (Å²) in [4.78, 5) is 37.2. The van der Waals surface area contributed by atoms with Crippen molar-refractivity contribution in [2.45, 2.75) is 13.3 Å². The van der Waals surface area contributed by atoms with Gasteiger partial charge in [-0.15, -0.1) is 0 Å². The fourth-order valence-corrected chi connectivity index (χ4v) is 2.78. The van der Waals surface area contributed by atoms with Gasteiger partial charge in [-0.25, -0.2) is 0 Å². The van der Waals surface area contributed by atoms with Crippen LogP contribution in [0.4, 0.5) is 11.4 Å². The van der Waals surface area contributed by atoms with E-state index < -0.39 is 4.92 Å². The van der Waals surface area contributed by atoms with Gasteiger partial charge in [-0.2, -0.15) is 0 Å². The molecule has 0 N–H and O–H groups in total. The van der Waals surface area contributed by atoms with Gasteiger partial charge in [0.2, 0.25) is 5.91 Å². The van der Waals surface area contributed by atoms with Crippen LogP contribution in [0.1, 0.15) is 29.3 Å². The van der Waals surface area contributed by atoms with Crippen LogP contribution in [0.15, 0.2) is 48.5 Å². The number of ketones is 1. The Morgan fingerprint density at radius 3 is 2.40 bits per heavy atom. The van der Waals surface area contributed by atoms with Crippen LogP contribution in [0.5, 0.6) is 0 Å². The summed E-state index contributed by atoms with van der Waals surface area (Å²) in [6, 6.07) is 12.5. The average Bonchev–Trinajstić information content (AvgIpc) is 2.65. The van der Waals surface area contributed by atoms with Gasteiger partial charge in [0.1, 0.15) is 0 Å². The van der Waals surface area contributed by atoms with Crippen LogP contribution in [0.3, 0.4) is 0 Å². The molecule has 0 aliphatic heterocycles. The third-order valence-electron chi connectivity index (χ3n) is 3.62. The predicted molar refractivity (Wildman–Crippen MR) is 99.4 cm³/mol. The molecule has 2 rings (SSSR count). The molecule has 0 unspecified atom stereocenters. The maximum Gasteiger partial charge on any atom is 0.270 e. The van der Waals surface area contributed by atoms with E-state index in [1.165, 1.54) is 23.1 Å². The van der Waals surface area contributed by atoms with Crippen LogP contribution in [0.2, 0.25) is 0 Å². The second-order valence-electron chi connectivity index (χ2n) is 5.33. The van der Waals surface area contributed by atoms with Gasteiger partial charge >= 0.3 is 0 Å². The molecule has 130 valence electrons. The Hall–Kier alpha value is -2.54. The second kappa shape index (κ2) is 8.53. The molecular weight excluding hydrogens is 388 g/mol. The highest BCUT2D eigenvalue weighted by Crippen LogP contribution is 2.28. The SMILES string of the molecule is CCCN(C(=O)CBr)c1ccc([N+](=O)[O-])cc1C(=O)c1ccccc1. The van der Waals surface area contributed by atoms with Gasteiger partial charge in [0.05, 0.1) is 21.5 Å². The lowest BCUT2D eigenvalue weighted by Gasteiger charge is -2.23. The van der Waals surface area contributed by atoms with Crippen LogP contribution >= 0.6 is 15.9 Å². The van der Waals surface area contributed by atoms with Gasteiger partial charge < -0.3 is 4.90 Å². The lowest BCUT2D eigenvalue weighted by molar-refractivity contribution is -0.384. The van der Waals surface area contributed by atoms with E-state index >= 15 is 0 Å². The van der Waals surface area contributed by atoms with Crippen LogP contribution in [0.25, 0.3) is 0 Å². The van der Waals surface area contributed by atoms with Crippen molar-refractivity contribution in [1.29, 1.82) is 0 Å². The molecule has 6 nitrogen and oxygen atoms in total. The molecular formula is C18H17BrN2O4. The van der Waals surface area contributed by atoms with Crippen LogP contribution in [-0.4, -0.2) is 28.5 Å². The Morgan fingerprint density at radius 1 is 1.16 bits per heavy atom. The number of nitro benzene ring substituents is 1. The molecule has 0 fully saturated rings. The zero-order valence-electron chi connectivity index (χ0n) is 13.6. The van der Waals surface area contributed by atoms with Gasteiger partial charge in [-0.1, -0.05) is 53.2 Å². The number of halogens is 1. The van der Waals surface area contributed by atoms with Gasteiger partial charge in [0, 0.05) is 24.2 Å². The second-order valence-corrected chi connectivity index (χ2v) is 5.89. The molecule has 2 aromatic rings. The van der Waals surface area contributed by atoms with Crippen LogP contribution in [-0.2, 0) is 4.79 Å². The molecule has 0 aromatic heterocycles. The summed E-state index contributed by atoms with van der Waals surface area (Å²) in [5.41, 5.74) is 0.742. The van der Waals surface area contributed by atoms with Crippen molar-refractivity contribution in [2.75, 3.05) is 16.8 Å². The lowest BCUT2D eigenvalue weighted by Crippen LogP contribution is -2.33. The topological polar surface area (TPSA) is 80.5 Å². The molecule has 0 saturated carbocycles. The summed E-state index contributed by atoms with van der Waals surface area (Å²) in [5.74, 6) is -0.569. The van der Waals surface area contributed by atoms with E-state index in [1.807, 2.05) is 6.92 Å². The zero-order chi connectivity index (χ0) is 18.4. The van der Waals surface area contributed by atoms with Gasteiger partial charge in [0.15, 0.2) is 5.78 Å². The standard InChI is InChI=1S/C18H17BrN2O4/c1-2-10-20(17(22)12-19)16-9-8-14(21(24)25)11-15(16)18(23)13-6-4-3-5-7-13/h3-9,11H,2,10,12H2,1H3. The van der Waals surface area contributed by atoms with E-state index in [1.54, 1.807) is 30.3 Å². The van der Waals surface area contributed by atoms with Gasteiger partial charge in [-0.05, 0) is 12.5 Å². The van der Waals surface area contributed by atoms with Crippen LogP contribution < -0.4 is 4.90 Å². The molecule has 0 aliphatic rings. The Kier molecular flexibility index (Phi) is 6.41. The van der Waals surface area contributed by atoms with E-state index in [0.717, 1.165) is 0 Å². The lowest BCUT2D eigenvalue weighted by atomic mass is 10.00. The van der Waals surface area contributed by atoms with Gasteiger partial charge in [-0.3, -0.25) is 19.7 Å². The maximum atomic E-state index is 12.9. The van der Waals surface area contributed by atoms with Crippen molar-refractivity contribution in [3.05, 3.63) is 69.8 Å². The first-order chi connectivity index (χ1) is 12.0. The smallest absolute Gasteiger partial charge is 0.270 e. The number of amides is 1. The van der Waals surface area contributed by atoms with E-state index in [2.05, 4.69) is 15.9 Å². The highest BCUT2D eigenvalue weighted by Gasteiger charge is 2.24. The summed E-state index contributed by atoms with van der Waals surface area (Å²) in [6.45, 7) is 2.33. The molecule has 7 heteroatoms. The molecule has 0 bridgehead atoms. The van der Waals surface area contributed by atoms with E-state index in [0.29, 0.717) is 24.2 Å². The first-order valence-electron chi connectivity index (χ1n) is 7.74. The van der Waals surface area contributed by atoms with Crippen molar-refractivity contribution in [3.63, 3.8) is 0 Å². The number of hydrogen-bond acceptors (Lipinski definition) is 4. The molecule has 0 radical (unpaired) electrons. The monoisotopic (exact) mass is 404 g/mol. The minimum Gasteiger partial charge on any atom is -0.311 e. The average molecular weight is 405 g/mol. The first kappa shape index (κ1) is 18.8. The van der Waals surface area contributed by atoms with Crippen molar-refractivity contribution < 1.29 is 14.5 Å². The molecule has 0 aliphatic carbocycles. The predicted octanol–water partition coefficient (Wildman–Crippen LogP) is 3.96. The minimum absolute atomic E-state index is 0.100. The summed E-state index contributed by atoms with van der Waals surface area (Å²) in [7, 11) is 0. The summed E-state index contributed by atoms with van der Waals surface area (Å²) in [5, 5.41) is 11.2. The molecule has 2 aromatic carbocycles. The fourth-order valence-electron chi connectivity index (χ4n) is 2.48. The molecule has 0 spiro atoms. The number of non-ortho nitro benzene ring substituents is 1. The van der Waals surface area contributed by atoms with Gasteiger partial charge in [0.25, 0.3) is 5.69 Å². The number of anilines is 1. The number of alkyl halides is 1. The molecule has 1 amide bonds. The third-order valence-corrected chi connectivity index (χ3v) is 4.10. The summed E-state index contributed by atoms with van der Waals surface area (Å²) >= 11 is 3.14. The largest absolute Gasteiger partial charge is 0.311 e. The normalized spacial score (nSPS) is 10.3. The minimum atomic E-state index is -0.554. The Balaban J connectivity index is 2.61. The Labute approximate surface area is 153 Å². The van der Waals surface area contributed by atoms with Crippen molar-refractivity contribution in [3.8, 4) is 0 Å². The number of benzene rings is 2. The fraction of sp³-hybridized carbons (Fsp3) is 0.222. The highest BCUT2D eigenvalue weighted by atomic mass is 79.9. The number of rotatable bonds is 7. The number of carbonyl (C=O) groups excluding carboxylic acids is 2. The number of carbonyl (C=O) groups is 2. The summed E-state index contributed by atoms with van der Waals surface area (Å²) in [6.07, 6.45) is 0.689. The van der Waals surface area contributed by atoms with E-state index in [4.69, 9.17) is 0 Å². The highest BCUT2D eigenvalue weighted by molar-refractivity contribution is 9.09. The Morgan fingerprint density at radius 2 is 1.84 bits per heavy atom. The first-order valence-corrected chi connectivity index (χ1v) is 8.86. The Bertz CT molecular complexity index is 793. The van der Waals surface area contributed by atoms with E-state index in [-0.39, 0.29) is 28.3 Å². The summed E-state index contributed by atoms with van der Waals surface area (Å²) < 4.78 is 0. The van der Waals surface area contributed by atoms with Crippen molar-refractivity contribution in [2.24, 2.45) is 0 Å². The zero-order valence-corrected chi connectivity index (χ0v) is 15.2. The quantitative estimate of drug-likeness (QED) is 0.302. The molecule has 0 heterocycles. The van der Waals surface area contributed by atoms with Crippen molar-refractivity contribution >= 4 is 39.0 Å². The molecule has 0 atom stereocenters. The van der Waals surface area contributed by atoms with E-state index in [9.17, 15) is 19.7 Å². The molecule has 0 saturated heterocycles. The maximum absolute atomic E-state index is 12.9. The number of nitro groups is 1. The number of hydrogen-bond donors (Lipinski definition) is 0. The third kappa shape index (κ3) is 4.30. The molecule has 25 heavy (non-hydrogen) atoms. The van der Waals surface area contributed by atoms with Crippen molar-refractivity contribution in [1.82, 2.24) is 0 Å². The number of nitrogens with zero attached hydrogens (tertiary/aromatic N) is 2. The van der Waals surface area contributed by atoms with Crippen LogP contribution in [0, 0.1) is 10.1 Å².